The third-order valence-electron chi connectivity index (χ3n) is 2.18. The summed E-state index contributed by atoms with van der Waals surface area (Å²) in [6.07, 6.45) is 0. The first kappa shape index (κ1) is 12.9. The van der Waals surface area contributed by atoms with E-state index in [1.807, 2.05) is 6.07 Å². The van der Waals surface area contributed by atoms with E-state index in [0.29, 0.717) is 26.6 Å². The molecule has 0 unspecified atom stereocenters. The zero-order valence-corrected chi connectivity index (χ0v) is 11.3. The summed E-state index contributed by atoms with van der Waals surface area (Å²) in [6, 6.07) is 11.0. The maximum atomic E-state index is 13.3. The van der Waals surface area contributed by atoms with Crippen LogP contribution in [-0.4, -0.2) is 0 Å². The zero-order valence-electron chi connectivity index (χ0n) is 8.95. The van der Waals surface area contributed by atoms with Crippen LogP contribution in [0.25, 0.3) is 0 Å². The number of benzene rings is 2. The van der Waals surface area contributed by atoms with Gasteiger partial charge in [0, 0.05) is 6.07 Å². The average Bonchev–Trinajstić information content (AvgIpc) is 2.36. The third kappa shape index (κ3) is 2.81. The summed E-state index contributed by atoms with van der Waals surface area (Å²) >= 11 is 9.01. The van der Waals surface area contributed by atoms with Gasteiger partial charge in [0.05, 0.1) is 21.1 Å². The molecule has 0 saturated heterocycles. The van der Waals surface area contributed by atoms with Gasteiger partial charge in [-0.05, 0) is 46.3 Å². The first-order chi connectivity index (χ1) is 8.60. The van der Waals surface area contributed by atoms with Crippen LogP contribution in [0.2, 0.25) is 5.02 Å². The van der Waals surface area contributed by atoms with Crippen LogP contribution in [0.1, 0.15) is 5.56 Å². The zero-order chi connectivity index (χ0) is 13.1. The van der Waals surface area contributed by atoms with Crippen molar-refractivity contribution in [1.82, 2.24) is 0 Å². The van der Waals surface area contributed by atoms with Gasteiger partial charge >= 0.3 is 0 Å². The second-order valence-corrected chi connectivity index (χ2v) is 4.70. The van der Waals surface area contributed by atoms with Gasteiger partial charge in [-0.25, -0.2) is 4.39 Å². The predicted molar refractivity (Wildman–Crippen MR) is 70.3 cm³/mol. The van der Waals surface area contributed by atoms with Gasteiger partial charge in [0.25, 0.3) is 0 Å². The monoisotopic (exact) mass is 325 g/mol. The highest BCUT2D eigenvalue weighted by Gasteiger charge is 2.06. The molecular weight excluding hydrogens is 321 g/mol. The number of nitriles is 1. The highest BCUT2D eigenvalue weighted by molar-refractivity contribution is 9.10. The molecule has 0 aliphatic heterocycles. The van der Waals surface area contributed by atoms with Crippen LogP contribution in [0.3, 0.4) is 0 Å². The maximum absolute atomic E-state index is 13.3. The molecule has 0 heterocycles. The highest BCUT2D eigenvalue weighted by Crippen LogP contribution is 2.31. The maximum Gasteiger partial charge on any atom is 0.146 e. The second kappa shape index (κ2) is 5.38. The van der Waals surface area contributed by atoms with Crippen LogP contribution in [0.15, 0.2) is 40.9 Å². The highest BCUT2D eigenvalue weighted by atomic mass is 79.9. The lowest BCUT2D eigenvalue weighted by Gasteiger charge is -2.08. The topological polar surface area (TPSA) is 33.0 Å². The molecule has 0 bridgehead atoms. The number of rotatable bonds is 2. The molecule has 0 saturated carbocycles. The minimum atomic E-state index is -0.419. The van der Waals surface area contributed by atoms with Gasteiger partial charge < -0.3 is 4.74 Å². The van der Waals surface area contributed by atoms with E-state index in [1.165, 1.54) is 12.1 Å². The van der Waals surface area contributed by atoms with Crippen molar-refractivity contribution in [2.75, 3.05) is 0 Å². The average molecular weight is 327 g/mol. The van der Waals surface area contributed by atoms with Gasteiger partial charge in [-0.3, -0.25) is 0 Å². The van der Waals surface area contributed by atoms with E-state index < -0.39 is 5.82 Å². The van der Waals surface area contributed by atoms with Crippen LogP contribution < -0.4 is 4.74 Å². The normalized spacial score (nSPS) is 9.89. The summed E-state index contributed by atoms with van der Waals surface area (Å²) in [6.45, 7) is 0. The summed E-state index contributed by atoms with van der Waals surface area (Å²) in [5.41, 5.74) is 0.439. The van der Waals surface area contributed by atoms with Gasteiger partial charge in [-0.1, -0.05) is 11.6 Å². The minimum absolute atomic E-state index is 0.303. The second-order valence-electron chi connectivity index (χ2n) is 3.43. The molecule has 90 valence electrons. The summed E-state index contributed by atoms with van der Waals surface area (Å²) < 4.78 is 19.1. The Balaban J connectivity index is 2.29. The first-order valence-corrected chi connectivity index (χ1v) is 6.10. The quantitative estimate of drug-likeness (QED) is 0.786. The SMILES string of the molecule is N#Cc1ccc(Oc2ccc(Br)c(F)c2)c(Cl)c1. The summed E-state index contributed by atoms with van der Waals surface area (Å²) in [7, 11) is 0. The Morgan fingerprint density at radius 2 is 2.00 bits per heavy atom. The summed E-state index contributed by atoms with van der Waals surface area (Å²) in [5.74, 6) is 0.289. The van der Waals surface area contributed by atoms with E-state index in [2.05, 4.69) is 15.9 Å². The Labute approximate surface area is 117 Å². The van der Waals surface area contributed by atoms with Crippen molar-refractivity contribution >= 4 is 27.5 Å². The molecule has 2 nitrogen and oxygen atoms in total. The van der Waals surface area contributed by atoms with Crippen molar-refractivity contribution in [3.05, 3.63) is 57.3 Å². The molecule has 0 fully saturated rings. The molecule has 5 heteroatoms. The van der Waals surface area contributed by atoms with Crippen molar-refractivity contribution in [2.45, 2.75) is 0 Å². The lowest BCUT2D eigenvalue weighted by atomic mass is 10.2. The molecule has 2 rings (SSSR count). The standard InChI is InChI=1S/C13H6BrClFNO/c14-10-3-2-9(6-12(10)16)18-13-4-1-8(7-17)5-11(13)15/h1-6H. The molecule has 0 spiro atoms. The Kier molecular flexibility index (Phi) is 3.85. The van der Waals surface area contributed by atoms with Crippen molar-refractivity contribution in [1.29, 1.82) is 5.26 Å². The molecule has 0 aromatic heterocycles. The molecular formula is C13H6BrClFNO. The van der Waals surface area contributed by atoms with E-state index >= 15 is 0 Å². The van der Waals surface area contributed by atoms with Crippen LogP contribution in [-0.2, 0) is 0 Å². The number of halogens is 3. The summed E-state index contributed by atoms with van der Waals surface area (Å²) in [4.78, 5) is 0. The van der Waals surface area contributed by atoms with Crippen molar-refractivity contribution in [2.24, 2.45) is 0 Å². The fraction of sp³-hybridized carbons (Fsp3) is 0. The van der Waals surface area contributed by atoms with Crippen LogP contribution >= 0.6 is 27.5 Å². The van der Waals surface area contributed by atoms with Gasteiger partial charge in [0.15, 0.2) is 0 Å². The molecule has 18 heavy (non-hydrogen) atoms. The predicted octanol–water partition coefficient (Wildman–Crippen LogP) is 4.91. The Bertz CT molecular complexity index is 639. The fourth-order valence-electron chi connectivity index (χ4n) is 1.32. The Morgan fingerprint density at radius 1 is 1.22 bits per heavy atom. The molecule has 0 atom stereocenters. The van der Waals surface area contributed by atoms with E-state index in [0.717, 1.165) is 0 Å². The molecule has 2 aromatic carbocycles. The Hall–Kier alpha value is -1.57. The first-order valence-electron chi connectivity index (χ1n) is 4.92. The van der Waals surface area contributed by atoms with Crippen LogP contribution in [0.5, 0.6) is 11.5 Å². The molecule has 0 amide bonds. The van der Waals surface area contributed by atoms with Gasteiger partial charge in [-0.15, -0.1) is 0 Å². The van der Waals surface area contributed by atoms with E-state index in [1.54, 1.807) is 24.3 Å². The van der Waals surface area contributed by atoms with Gasteiger partial charge in [0.1, 0.15) is 17.3 Å². The fourth-order valence-corrected chi connectivity index (χ4v) is 1.79. The van der Waals surface area contributed by atoms with Gasteiger partial charge in [-0.2, -0.15) is 5.26 Å². The number of hydrogen-bond donors (Lipinski definition) is 0. The van der Waals surface area contributed by atoms with E-state index in [4.69, 9.17) is 21.6 Å². The number of hydrogen-bond acceptors (Lipinski definition) is 2. The molecule has 0 radical (unpaired) electrons. The smallest absolute Gasteiger partial charge is 0.146 e. The lowest BCUT2D eigenvalue weighted by molar-refractivity contribution is 0.476. The Morgan fingerprint density at radius 3 is 2.61 bits per heavy atom. The molecule has 0 aliphatic rings. The summed E-state index contributed by atoms with van der Waals surface area (Å²) in [5, 5.41) is 9.01. The van der Waals surface area contributed by atoms with Crippen molar-refractivity contribution < 1.29 is 9.13 Å². The van der Waals surface area contributed by atoms with Crippen LogP contribution in [0.4, 0.5) is 4.39 Å². The minimum Gasteiger partial charge on any atom is -0.456 e. The van der Waals surface area contributed by atoms with Crippen molar-refractivity contribution in [3.63, 3.8) is 0 Å². The number of ether oxygens (including phenoxy) is 1. The lowest BCUT2D eigenvalue weighted by Crippen LogP contribution is -1.87. The van der Waals surface area contributed by atoms with Crippen LogP contribution in [0, 0.1) is 17.1 Å². The molecule has 2 aromatic rings. The van der Waals surface area contributed by atoms with E-state index in [-0.39, 0.29) is 0 Å². The molecule has 0 N–H and O–H groups in total. The van der Waals surface area contributed by atoms with Crippen molar-refractivity contribution in [3.8, 4) is 17.6 Å². The molecule has 0 aliphatic carbocycles. The largest absolute Gasteiger partial charge is 0.456 e. The van der Waals surface area contributed by atoms with Gasteiger partial charge in [0.2, 0.25) is 0 Å². The third-order valence-corrected chi connectivity index (χ3v) is 3.12. The van der Waals surface area contributed by atoms with E-state index in [9.17, 15) is 4.39 Å². The number of nitrogens with zero attached hydrogens (tertiary/aromatic N) is 1.